The summed E-state index contributed by atoms with van der Waals surface area (Å²) in [5, 5.41) is 23.2. The molecule has 1 saturated carbocycles. The predicted octanol–water partition coefficient (Wildman–Crippen LogP) is 1.67. The molecule has 1 saturated heterocycles. The lowest BCUT2D eigenvalue weighted by molar-refractivity contribution is 0.0888. The third-order valence-electron chi connectivity index (χ3n) is 6.54. The monoisotopic (exact) mass is 467 g/mol. The average molecular weight is 468 g/mol. The van der Waals surface area contributed by atoms with Crippen molar-refractivity contribution in [2.24, 2.45) is 0 Å². The van der Waals surface area contributed by atoms with Gasteiger partial charge < -0.3 is 30.4 Å². The molecule has 180 valence electrons. The van der Waals surface area contributed by atoms with Crippen LogP contribution in [0.15, 0.2) is 35.4 Å². The summed E-state index contributed by atoms with van der Waals surface area (Å²) < 4.78 is 8.54. The number of nitrogens with one attached hydrogen (secondary N) is 3. The van der Waals surface area contributed by atoms with Crippen molar-refractivity contribution in [1.82, 2.24) is 24.5 Å². The number of pyridine rings is 1. The van der Waals surface area contributed by atoms with Crippen molar-refractivity contribution >= 4 is 28.9 Å². The summed E-state index contributed by atoms with van der Waals surface area (Å²) in [4.78, 5) is 30.7. The Labute approximate surface area is 196 Å². The standard InChI is InChI=1S/C23H29N7O4/c1-24-20-10-19(26-16-8-5-9-29(23(16)33)14-6-3-2-4-7-14)28-21-15(11-25-30(20)21)22(32)27-17-12-34-13-18(17)31/h5,8-11,14,17-18,24,31H,2-4,6-7,12-13H2,1H3,(H,26,28)(H,27,32)/t17-,18?/m0/s1. The molecule has 4 heterocycles. The number of carbonyl (C=O) groups excluding carboxylic acids is 1. The number of rotatable bonds is 6. The molecule has 1 aliphatic heterocycles. The molecule has 1 aliphatic carbocycles. The minimum atomic E-state index is -0.756. The van der Waals surface area contributed by atoms with Crippen LogP contribution < -0.4 is 21.5 Å². The average Bonchev–Trinajstić information content (AvgIpc) is 3.46. The maximum absolute atomic E-state index is 13.2. The van der Waals surface area contributed by atoms with Crippen molar-refractivity contribution in [3.05, 3.63) is 46.5 Å². The molecule has 0 radical (unpaired) electrons. The van der Waals surface area contributed by atoms with Gasteiger partial charge in [-0.25, -0.2) is 4.98 Å². The maximum atomic E-state index is 13.2. The SMILES string of the molecule is CNc1cc(Nc2cccn(C3CCCCC3)c2=O)nc2c(C(=O)N[C@H]3COCC3O)cnn12. The van der Waals surface area contributed by atoms with Gasteiger partial charge in [0.1, 0.15) is 22.9 Å². The second kappa shape index (κ2) is 9.43. The van der Waals surface area contributed by atoms with Gasteiger partial charge in [-0.05, 0) is 25.0 Å². The quantitative estimate of drug-likeness (QED) is 0.430. The molecule has 5 rings (SSSR count). The van der Waals surface area contributed by atoms with Crippen molar-refractivity contribution in [3.63, 3.8) is 0 Å². The molecular formula is C23H29N7O4. The highest BCUT2D eigenvalue weighted by Crippen LogP contribution is 2.27. The van der Waals surface area contributed by atoms with Crippen LogP contribution in [0.5, 0.6) is 0 Å². The molecule has 3 aromatic heterocycles. The first kappa shape index (κ1) is 22.4. The molecule has 0 spiro atoms. The lowest BCUT2D eigenvalue weighted by atomic mass is 9.95. The van der Waals surface area contributed by atoms with Crippen LogP contribution in [-0.4, -0.2) is 62.6 Å². The molecule has 2 aliphatic rings. The second-order valence-corrected chi connectivity index (χ2v) is 8.81. The second-order valence-electron chi connectivity index (χ2n) is 8.81. The molecule has 11 heteroatoms. The van der Waals surface area contributed by atoms with E-state index in [1.807, 2.05) is 16.8 Å². The highest BCUT2D eigenvalue weighted by molar-refractivity contribution is 6.00. The van der Waals surface area contributed by atoms with Gasteiger partial charge in [0.25, 0.3) is 11.5 Å². The van der Waals surface area contributed by atoms with Gasteiger partial charge in [-0.1, -0.05) is 19.3 Å². The van der Waals surface area contributed by atoms with E-state index in [0.717, 1.165) is 25.7 Å². The third kappa shape index (κ3) is 4.24. The van der Waals surface area contributed by atoms with E-state index in [1.54, 1.807) is 19.2 Å². The van der Waals surface area contributed by atoms with Crippen LogP contribution in [0, 0.1) is 0 Å². The van der Waals surface area contributed by atoms with Gasteiger partial charge in [-0.3, -0.25) is 9.59 Å². The fourth-order valence-corrected chi connectivity index (χ4v) is 4.68. The Balaban J connectivity index is 1.46. The summed E-state index contributed by atoms with van der Waals surface area (Å²) in [6.45, 7) is 0.431. The van der Waals surface area contributed by atoms with Crippen molar-refractivity contribution in [2.75, 3.05) is 30.9 Å². The van der Waals surface area contributed by atoms with Gasteiger partial charge in [-0.15, -0.1) is 0 Å². The predicted molar refractivity (Wildman–Crippen MR) is 127 cm³/mol. The summed E-state index contributed by atoms with van der Waals surface area (Å²) in [6.07, 6.45) is 8.02. The Morgan fingerprint density at radius 1 is 1.24 bits per heavy atom. The van der Waals surface area contributed by atoms with Crippen molar-refractivity contribution < 1.29 is 14.6 Å². The fraction of sp³-hybridized carbons (Fsp3) is 0.478. The van der Waals surface area contributed by atoms with Crippen molar-refractivity contribution in [3.8, 4) is 0 Å². The summed E-state index contributed by atoms with van der Waals surface area (Å²) >= 11 is 0. The van der Waals surface area contributed by atoms with Gasteiger partial charge in [0.2, 0.25) is 0 Å². The summed E-state index contributed by atoms with van der Waals surface area (Å²) in [5.74, 6) is 0.601. The van der Waals surface area contributed by atoms with Crippen LogP contribution in [0.25, 0.3) is 5.65 Å². The molecule has 4 N–H and O–H groups in total. The highest BCUT2D eigenvalue weighted by Gasteiger charge is 2.29. The molecule has 34 heavy (non-hydrogen) atoms. The first-order valence-corrected chi connectivity index (χ1v) is 11.7. The first-order valence-electron chi connectivity index (χ1n) is 11.7. The van der Waals surface area contributed by atoms with E-state index in [4.69, 9.17) is 4.74 Å². The van der Waals surface area contributed by atoms with Gasteiger partial charge in [0.15, 0.2) is 5.65 Å². The van der Waals surface area contributed by atoms with Gasteiger partial charge in [0, 0.05) is 25.4 Å². The number of hydrogen-bond donors (Lipinski definition) is 4. The summed E-state index contributed by atoms with van der Waals surface area (Å²) in [7, 11) is 1.74. The van der Waals surface area contributed by atoms with Crippen molar-refractivity contribution in [2.45, 2.75) is 50.3 Å². The number of fused-ring (bicyclic) bond motifs is 1. The number of hydrogen-bond acceptors (Lipinski definition) is 8. The van der Waals surface area contributed by atoms with Crippen LogP contribution in [0.2, 0.25) is 0 Å². The van der Waals surface area contributed by atoms with E-state index in [-0.39, 0.29) is 30.4 Å². The zero-order chi connectivity index (χ0) is 23.7. The summed E-state index contributed by atoms with van der Waals surface area (Å²) in [6, 6.07) is 5.05. The molecule has 1 unspecified atom stereocenters. The Hall–Kier alpha value is -3.44. The maximum Gasteiger partial charge on any atom is 0.274 e. The Bertz CT molecular complexity index is 1250. The van der Waals surface area contributed by atoms with E-state index in [1.165, 1.54) is 17.1 Å². The molecule has 0 bridgehead atoms. The number of carbonyl (C=O) groups is 1. The summed E-state index contributed by atoms with van der Waals surface area (Å²) in [5.41, 5.74) is 0.906. The minimum Gasteiger partial charge on any atom is -0.388 e. The Morgan fingerprint density at radius 3 is 2.79 bits per heavy atom. The lowest BCUT2D eigenvalue weighted by Crippen LogP contribution is -2.42. The largest absolute Gasteiger partial charge is 0.388 e. The number of amides is 1. The van der Waals surface area contributed by atoms with E-state index >= 15 is 0 Å². The van der Waals surface area contributed by atoms with Crippen LogP contribution in [0.1, 0.15) is 48.5 Å². The van der Waals surface area contributed by atoms with E-state index in [9.17, 15) is 14.7 Å². The highest BCUT2D eigenvalue weighted by atomic mass is 16.5. The molecule has 2 atom stereocenters. The number of ether oxygens (including phenoxy) is 1. The molecule has 2 fully saturated rings. The molecular weight excluding hydrogens is 438 g/mol. The van der Waals surface area contributed by atoms with Crippen LogP contribution in [-0.2, 0) is 4.74 Å². The number of aromatic nitrogens is 4. The fourth-order valence-electron chi connectivity index (χ4n) is 4.68. The zero-order valence-electron chi connectivity index (χ0n) is 19.0. The van der Waals surface area contributed by atoms with Crippen LogP contribution in [0.3, 0.4) is 0 Å². The zero-order valence-corrected chi connectivity index (χ0v) is 19.0. The minimum absolute atomic E-state index is 0.0937. The molecule has 0 aromatic carbocycles. The van der Waals surface area contributed by atoms with Gasteiger partial charge in [-0.2, -0.15) is 9.61 Å². The number of nitrogens with zero attached hydrogens (tertiary/aromatic N) is 4. The van der Waals surface area contributed by atoms with Gasteiger partial charge in [0.05, 0.1) is 31.6 Å². The Kier molecular flexibility index (Phi) is 6.20. The van der Waals surface area contributed by atoms with E-state index < -0.39 is 18.1 Å². The smallest absolute Gasteiger partial charge is 0.274 e. The topological polar surface area (TPSA) is 135 Å². The lowest BCUT2D eigenvalue weighted by Gasteiger charge is -2.24. The van der Waals surface area contributed by atoms with E-state index in [2.05, 4.69) is 26.0 Å². The van der Waals surface area contributed by atoms with E-state index in [0.29, 0.717) is 23.0 Å². The molecule has 1 amide bonds. The van der Waals surface area contributed by atoms with Crippen molar-refractivity contribution in [1.29, 1.82) is 0 Å². The van der Waals surface area contributed by atoms with Crippen LogP contribution >= 0.6 is 0 Å². The Morgan fingerprint density at radius 2 is 2.06 bits per heavy atom. The molecule has 3 aromatic rings. The number of anilines is 3. The molecule has 11 nitrogen and oxygen atoms in total. The normalized spacial score (nSPS) is 21.0. The third-order valence-corrected chi connectivity index (χ3v) is 6.54. The number of aliphatic hydroxyl groups is 1. The van der Waals surface area contributed by atoms with Gasteiger partial charge >= 0.3 is 0 Å². The first-order chi connectivity index (χ1) is 16.5. The number of aliphatic hydroxyl groups excluding tert-OH is 1. The van der Waals surface area contributed by atoms with Crippen LogP contribution in [0.4, 0.5) is 17.3 Å².